The quantitative estimate of drug-likeness (QED) is 0.823. The molecule has 1 aromatic rings. The topological polar surface area (TPSA) is 55.1 Å². The standard InChI is InChI=1S/C17H21ClN2O/c1-12-4-7-14(8-5-12)17(21)20-16-11-13(3-2-10-19)6-9-15(16)18/h6,9,11-12,14H,4-5,7-8,10,19H2,1H3,(H,20,21). The second kappa shape index (κ2) is 7.49. The number of nitrogens with two attached hydrogens (primary N) is 1. The van der Waals surface area contributed by atoms with Crippen LogP contribution < -0.4 is 11.1 Å². The number of nitrogens with one attached hydrogen (secondary N) is 1. The molecular formula is C17H21ClN2O. The van der Waals surface area contributed by atoms with E-state index in [2.05, 4.69) is 24.1 Å². The molecule has 3 N–H and O–H groups in total. The fourth-order valence-electron chi connectivity index (χ4n) is 2.61. The van der Waals surface area contributed by atoms with Gasteiger partial charge in [-0.3, -0.25) is 4.79 Å². The number of amides is 1. The molecule has 0 saturated heterocycles. The minimum absolute atomic E-state index is 0.0627. The normalized spacial score (nSPS) is 21.3. The van der Waals surface area contributed by atoms with Crippen LogP contribution in [0.15, 0.2) is 18.2 Å². The van der Waals surface area contributed by atoms with Crippen LogP contribution in [0.1, 0.15) is 38.2 Å². The van der Waals surface area contributed by atoms with Gasteiger partial charge in [0, 0.05) is 11.5 Å². The lowest BCUT2D eigenvalue weighted by Crippen LogP contribution is -2.26. The maximum absolute atomic E-state index is 12.3. The van der Waals surface area contributed by atoms with Crippen molar-refractivity contribution in [1.29, 1.82) is 0 Å². The van der Waals surface area contributed by atoms with Gasteiger partial charge in [-0.25, -0.2) is 0 Å². The van der Waals surface area contributed by atoms with Crippen molar-refractivity contribution >= 4 is 23.2 Å². The zero-order valence-electron chi connectivity index (χ0n) is 12.3. The molecule has 0 aromatic heterocycles. The van der Waals surface area contributed by atoms with Crippen LogP contribution in [-0.2, 0) is 4.79 Å². The molecule has 0 aliphatic heterocycles. The van der Waals surface area contributed by atoms with Gasteiger partial charge in [-0.15, -0.1) is 0 Å². The van der Waals surface area contributed by atoms with Gasteiger partial charge in [-0.05, 0) is 49.8 Å². The molecule has 1 fully saturated rings. The predicted octanol–water partition coefficient (Wildman–Crippen LogP) is 3.42. The number of halogens is 1. The summed E-state index contributed by atoms with van der Waals surface area (Å²) in [6.07, 6.45) is 4.15. The second-order valence-electron chi connectivity index (χ2n) is 5.65. The number of benzene rings is 1. The van der Waals surface area contributed by atoms with Gasteiger partial charge in [-0.1, -0.05) is 30.4 Å². The second-order valence-corrected chi connectivity index (χ2v) is 6.05. The van der Waals surface area contributed by atoms with Crippen LogP contribution in [0.25, 0.3) is 0 Å². The van der Waals surface area contributed by atoms with Crippen molar-refractivity contribution < 1.29 is 4.79 Å². The minimum Gasteiger partial charge on any atom is -0.324 e. The summed E-state index contributed by atoms with van der Waals surface area (Å²) in [5.41, 5.74) is 6.80. The third kappa shape index (κ3) is 4.49. The predicted molar refractivity (Wildman–Crippen MR) is 87.1 cm³/mol. The van der Waals surface area contributed by atoms with Crippen molar-refractivity contribution in [3.8, 4) is 11.8 Å². The number of rotatable bonds is 2. The summed E-state index contributed by atoms with van der Waals surface area (Å²) in [6.45, 7) is 2.55. The number of carbonyl (C=O) groups is 1. The van der Waals surface area contributed by atoms with Gasteiger partial charge in [0.05, 0.1) is 17.3 Å². The Kier molecular flexibility index (Phi) is 5.67. The van der Waals surface area contributed by atoms with Crippen molar-refractivity contribution in [1.82, 2.24) is 0 Å². The zero-order chi connectivity index (χ0) is 15.2. The number of carbonyl (C=O) groups excluding carboxylic acids is 1. The van der Waals surface area contributed by atoms with E-state index < -0.39 is 0 Å². The van der Waals surface area contributed by atoms with E-state index in [-0.39, 0.29) is 11.8 Å². The highest BCUT2D eigenvalue weighted by atomic mass is 35.5. The number of hydrogen-bond acceptors (Lipinski definition) is 2. The fraction of sp³-hybridized carbons (Fsp3) is 0.471. The van der Waals surface area contributed by atoms with E-state index in [1.807, 2.05) is 6.07 Å². The highest BCUT2D eigenvalue weighted by Crippen LogP contribution is 2.30. The van der Waals surface area contributed by atoms with Crippen LogP contribution in [0.5, 0.6) is 0 Å². The molecule has 4 heteroatoms. The molecule has 2 rings (SSSR count). The summed E-state index contributed by atoms with van der Waals surface area (Å²) in [7, 11) is 0. The van der Waals surface area contributed by atoms with Crippen LogP contribution in [0.3, 0.4) is 0 Å². The molecule has 0 bridgehead atoms. The summed E-state index contributed by atoms with van der Waals surface area (Å²) in [5.74, 6) is 6.63. The van der Waals surface area contributed by atoms with E-state index >= 15 is 0 Å². The Morgan fingerprint density at radius 1 is 1.38 bits per heavy atom. The van der Waals surface area contributed by atoms with Gasteiger partial charge in [0.1, 0.15) is 0 Å². The first-order chi connectivity index (χ1) is 10.1. The van der Waals surface area contributed by atoms with Gasteiger partial charge in [0.15, 0.2) is 0 Å². The maximum Gasteiger partial charge on any atom is 0.227 e. The largest absolute Gasteiger partial charge is 0.324 e. The van der Waals surface area contributed by atoms with Crippen molar-refractivity contribution in [3.05, 3.63) is 28.8 Å². The van der Waals surface area contributed by atoms with E-state index in [0.29, 0.717) is 17.3 Å². The molecule has 0 heterocycles. The van der Waals surface area contributed by atoms with Crippen molar-refractivity contribution in [2.75, 3.05) is 11.9 Å². The lowest BCUT2D eigenvalue weighted by molar-refractivity contribution is -0.121. The summed E-state index contributed by atoms with van der Waals surface area (Å²) in [4.78, 5) is 12.3. The molecule has 1 amide bonds. The van der Waals surface area contributed by atoms with Crippen LogP contribution >= 0.6 is 11.6 Å². The number of anilines is 1. The molecule has 1 saturated carbocycles. The minimum atomic E-state index is 0.0627. The lowest BCUT2D eigenvalue weighted by atomic mass is 9.82. The average molecular weight is 305 g/mol. The number of hydrogen-bond donors (Lipinski definition) is 2. The van der Waals surface area contributed by atoms with Gasteiger partial charge < -0.3 is 11.1 Å². The first-order valence-corrected chi connectivity index (χ1v) is 7.77. The van der Waals surface area contributed by atoms with Crippen LogP contribution in [0.4, 0.5) is 5.69 Å². The Hall–Kier alpha value is -1.50. The molecule has 0 radical (unpaired) electrons. The molecule has 3 nitrogen and oxygen atoms in total. The Balaban J connectivity index is 2.06. The van der Waals surface area contributed by atoms with E-state index in [1.54, 1.807) is 12.1 Å². The molecule has 0 atom stereocenters. The third-order valence-electron chi connectivity index (χ3n) is 3.95. The van der Waals surface area contributed by atoms with Gasteiger partial charge in [0.2, 0.25) is 5.91 Å². The van der Waals surface area contributed by atoms with E-state index in [4.69, 9.17) is 17.3 Å². The average Bonchev–Trinajstić information content (AvgIpc) is 2.48. The first kappa shape index (κ1) is 15.9. The summed E-state index contributed by atoms with van der Waals surface area (Å²) in [6, 6.07) is 5.37. The maximum atomic E-state index is 12.3. The smallest absolute Gasteiger partial charge is 0.227 e. The molecular weight excluding hydrogens is 284 g/mol. The van der Waals surface area contributed by atoms with Crippen molar-refractivity contribution in [2.45, 2.75) is 32.6 Å². The van der Waals surface area contributed by atoms with Crippen molar-refractivity contribution in [2.24, 2.45) is 17.6 Å². The first-order valence-electron chi connectivity index (χ1n) is 7.39. The zero-order valence-corrected chi connectivity index (χ0v) is 13.0. The summed E-state index contributed by atoms with van der Waals surface area (Å²) >= 11 is 6.15. The highest BCUT2D eigenvalue weighted by Gasteiger charge is 2.24. The highest BCUT2D eigenvalue weighted by molar-refractivity contribution is 6.33. The van der Waals surface area contributed by atoms with E-state index in [0.717, 1.165) is 37.2 Å². The lowest BCUT2D eigenvalue weighted by Gasteiger charge is -2.25. The molecule has 21 heavy (non-hydrogen) atoms. The Bertz CT molecular complexity index is 566. The van der Waals surface area contributed by atoms with Gasteiger partial charge in [-0.2, -0.15) is 0 Å². The molecule has 1 aliphatic carbocycles. The summed E-state index contributed by atoms with van der Waals surface area (Å²) in [5, 5.41) is 3.47. The van der Waals surface area contributed by atoms with E-state index in [1.165, 1.54) is 0 Å². The van der Waals surface area contributed by atoms with Crippen LogP contribution in [0.2, 0.25) is 5.02 Å². The Labute approximate surface area is 131 Å². The molecule has 1 aromatic carbocycles. The van der Waals surface area contributed by atoms with Gasteiger partial charge >= 0.3 is 0 Å². The molecule has 0 unspecified atom stereocenters. The Morgan fingerprint density at radius 3 is 2.76 bits per heavy atom. The summed E-state index contributed by atoms with van der Waals surface area (Å²) < 4.78 is 0. The molecule has 112 valence electrons. The Morgan fingerprint density at radius 2 is 2.10 bits per heavy atom. The SMILES string of the molecule is CC1CCC(C(=O)Nc2cc(C#CCN)ccc2Cl)CC1. The third-order valence-corrected chi connectivity index (χ3v) is 4.28. The monoisotopic (exact) mass is 304 g/mol. The van der Waals surface area contributed by atoms with Crippen LogP contribution in [-0.4, -0.2) is 12.5 Å². The van der Waals surface area contributed by atoms with Gasteiger partial charge in [0.25, 0.3) is 0 Å². The van der Waals surface area contributed by atoms with Crippen molar-refractivity contribution in [3.63, 3.8) is 0 Å². The molecule has 1 aliphatic rings. The molecule has 0 spiro atoms. The fourth-order valence-corrected chi connectivity index (χ4v) is 2.77. The van der Waals surface area contributed by atoms with Crippen LogP contribution in [0, 0.1) is 23.7 Å². The van der Waals surface area contributed by atoms with E-state index in [9.17, 15) is 4.79 Å².